The second-order valence-corrected chi connectivity index (χ2v) is 3.25. The minimum absolute atomic E-state index is 0.0649. The molecule has 88 valence electrons. The van der Waals surface area contributed by atoms with Gasteiger partial charge in [-0.15, -0.1) is 0 Å². The van der Waals surface area contributed by atoms with Crippen molar-refractivity contribution in [3.63, 3.8) is 0 Å². The molecule has 4 heteroatoms. The summed E-state index contributed by atoms with van der Waals surface area (Å²) in [6, 6.07) is 9.57. The molecule has 0 unspecified atom stereocenters. The summed E-state index contributed by atoms with van der Waals surface area (Å²) >= 11 is 0. The van der Waals surface area contributed by atoms with Gasteiger partial charge in [0.05, 0.1) is 12.7 Å². The van der Waals surface area contributed by atoms with Crippen LogP contribution in [0.3, 0.4) is 0 Å². The molecule has 0 aliphatic rings. The predicted octanol–water partition coefficient (Wildman–Crippen LogP) is 1.27. The Bertz CT molecular complexity index is 313. The quantitative estimate of drug-likeness (QED) is 0.738. The molecule has 1 rings (SSSR count). The van der Waals surface area contributed by atoms with Crippen molar-refractivity contribution in [2.24, 2.45) is 5.73 Å². The molecule has 0 saturated carbocycles. The summed E-state index contributed by atoms with van der Waals surface area (Å²) in [5, 5.41) is 0. The molecule has 0 spiro atoms. The van der Waals surface area contributed by atoms with Crippen LogP contribution in [0, 0.1) is 0 Å². The molecule has 0 bridgehead atoms. The summed E-state index contributed by atoms with van der Waals surface area (Å²) in [6.07, 6.45) is -0.259. The Morgan fingerprint density at radius 1 is 1.38 bits per heavy atom. The maximum absolute atomic E-state index is 11.1. The van der Waals surface area contributed by atoms with Crippen molar-refractivity contribution in [1.29, 1.82) is 0 Å². The van der Waals surface area contributed by atoms with Crippen molar-refractivity contribution in [3.05, 3.63) is 35.9 Å². The molecule has 0 amide bonds. The largest absolute Gasteiger partial charge is 0.464 e. The van der Waals surface area contributed by atoms with Crippen molar-refractivity contribution in [2.45, 2.75) is 13.0 Å². The fourth-order valence-electron chi connectivity index (χ4n) is 1.34. The van der Waals surface area contributed by atoms with Crippen LogP contribution in [-0.4, -0.2) is 25.7 Å². The average Bonchev–Trinajstić information content (AvgIpc) is 2.31. The summed E-state index contributed by atoms with van der Waals surface area (Å²) in [6.45, 7) is 2.39. The third-order valence-corrected chi connectivity index (χ3v) is 2.09. The van der Waals surface area contributed by atoms with Gasteiger partial charge in [0.1, 0.15) is 6.61 Å². The summed E-state index contributed by atoms with van der Waals surface area (Å²) in [4.78, 5) is 11.1. The van der Waals surface area contributed by atoms with Crippen LogP contribution in [0.5, 0.6) is 0 Å². The number of benzene rings is 1. The Balaban J connectivity index is 2.47. The Labute approximate surface area is 95.3 Å². The molecule has 4 nitrogen and oxygen atoms in total. The molecular weight excluding hydrogens is 206 g/mol. The number of ether oxygens (including phenoxy) is 2. The van der Waals surface area contributed by atoms with Gasteiger partial charge in [0.2, 0.25) is 0 Å². The third-order valence-electron chi connectivity index (χ3n) is 2.09. The predicted molar refractivity (Wildman–Crippen MR) is 60.8 cm³/mol. The van der Waals surface area contributed by atoms with Gasteiger partial charge in [0.25, 0.3) is 0 Å². The van der Waals surface area contributed by atoms with Crippen LogP contribution in [0.2, 0.25) is 0 Å². The van der Waals surface area contributed by atoms with Crippen molar-refractivity contribution < 1.29 is 14.3 Å². The van der Waals surface area contributed by atoms with Crippen molar-refractivity contribution >= 4 is 5.97 Å². The molecule has 0 aliphatic carbocycles. The highest BCUT2D eigenvalue weighted by Gasteiger charge is 2.12. The standard InChI is InChI=1S/C12H17NO3/c1-2-15-12(14)9-16-11(8-13)10-6-4-3-5-7-10/h3-7,11H,2,8-9,13H2,1H3/t11-/m0/s1. The fraction of sp³-hybridized carbons (Fsp3) is 0.417. The van der Waals surface area contributed by atoms with Crippen LogP contribution in [-0.2, 0) is 14.3 Å². The van der Waals surface area contributed by atoms with Crippen LogP contribution < -0.4 is 5.73 Å². The molecule has 0 saturated heterocycles. The SMILES string of the molecule is CCOC(=O)CO[C@@H](CN)c1ccccc1. The number of carbonyl (C=O) groups excluding carboxylic acids is 1. The first-order valence-electron chi connectivity index (χ1n) is 5.30. The first-order chi connectivity index (χ1) is 7.77. The first kappa shape index (κ1) is 12.7. The highest BCUT2D eigenvalue weighted by atomic mass is 16.6. The van der Waals surface area contributed by atoms with Crippen LogP contribution in [0.15, 0.2) is 30.3 Å². The second kappa shape index (κ2) is 6.98. The van der Waals surface area contributed by atoms with E-state index in [1.807, 2.05) is 30.3 Å². The van der Waals surface area contributed by atoms with Gasteiger partial charge < -0.3 is 15.2 Å². The van der Waals surface area contributed by atoms with Gasteiger partial charge in [-0.2, -0.15) is 0 Å². The number of hydrogen-bond acceptors (Lipinski definition) is 4. The highest BCUT2D eigenvalue weighted by molar-refractivity contribution is 5.70. The number of esters is 1. The summed E-state index contributed by atoms with van der Waals surface area (Å²) in [5.41, 5.74) is 6.55. The highest BCUT2D eigenvalue weighted by Crippen LogP contribution is 2.15. The number of rotatable bonds is 6. The molecule has 1 atom stereocenters. The lowest BCUT2D eigenvalue weighted by Gasteiger charge is -2.15. The van der Waals surface area contributed by atoms with Crippen LogP contribution >= 0.6 is 0 Å². The zero-order chi connectivity index (χ0) is 11.8. The van der Waals surface area contributed by atoms with Crippen molar-refractivity contribution in [3.8, 4) is 0 Å². The van der Waals surface area contributed by atoms with Gasteiger partial charge in [0.15, 0.2) is 0 Å². The first-order valence-corrected chi connectivity index (χ1v) is 5.30. The van der Waals surface area contributed by atoms with E-state index in [9.17, 15) is 4.79 Å². The Kier molecular flexibility index (Phi) is 5.53. The zero-order valence-corrected chi connectivity index (χ0v) is 9.39. The van der Waals surface area contributed by atoms with Gasteiger partial charge in [-0.05, 0) is 12.5 Å². The van der Waals surface area contributed by atoms with E-state index >= 15 is 0 Å². The van der Waals surface area contributed by atoms with E-state index in [2.05, 4.69) is 0 Å². The zero-order valence-electron chi connectivity index (χ0n) is 9.39. The lowest BCUT2D eigenvalue weighted by molar-refractivity contribution is -0.150. The Morgan fingerprint density at radius 3 is 2.62 bits per heavy atom. The number of nitrogens with two attached hydrogens (primary N) is 1. The van der Waals surface area contributed by atoms with Gasteiger partial charge in [-0.25, -0.2) is 4.79 Å². The Hall–Kier alpha value is -1.39. The molecule has 0 aliphatic heterocycles. The van der Waals surface area contributed by atoms with E-state index in [-0.39, 0.29) is 18.7 Å². The van der Waals surface area contributed by atoms with Gasteiger partial charge in [-0.1, -0.05) is 30.3 Å². The molecule has 2 N–H and O–H groups in total. The topological polar surface area (TPSA) is 61.5 Å². The minimum atomic E-state index is -0.364. The molecule has 16 heavy (non-hydrogen) atoms. The Morgan fingerprint density at radius 2 is 2.06 bits per heavy atom. The van der Waals surface area contributed by atoms with E-state index < -0.39 is 0 Å². The monoisotopic (exact) mass is 223 g/mol. The van der Waals surface area contributed by atoms with Crippen molar-refractivity contribution in [1.82, 2.24) is 0 Å². The molecule has 1 aromatic rings. The van der Waals surface area contributed by atoms with E-state index in [1.165, 1.54) is 0 Å². The molecule has 0 radical (unpaired) electrons. The number of carbonyl (C=O) groups is 1. The summed E-state index contributed by atoms with van der Waals surface area (Å²) < 4.78 is 10.2. The third kappa shape index (κ3) is 4.00. The molecule has 0 fully saturated rings. The van der Waals surface area contributed by atoms with E-state index in [0.717, 1.165) is 5.56 Å². The molecule has 0 aromatic heterocycles. The summed E-state index contributed by atoms with van der Waals surface area (Å²) in [5.74, 6) is -0.364. The smallest absolute Gasteiger partial charge is 0.332 e. The number of hydrogen-bond donors (Lipinski definition) is 1. The maximum Gasteiger partial charge on any atom is 0.332 e. The molecule has 0 heterocycles. The second-order valence-electron chi connectivity index (χ2n) is 3.25. The average molecular weight is 223 g/mol. The van der Waals surface area contributed by atoms with E-state index in [4.69, 9.17) is 15.2 Å². The van der Waals surface area contributed by atoms with Crippen LogP contribution in [0.1, 0.15) is 18.6 Å². The van der Waals surface area contributed by atoms with E-state index in [0.29, 0.717) is 13.2 Å². The van der Waals surface area contributed by atoms with Gasteiger partial charge >= 0.3 is 5.97 Å². The maximum atomic E-state index is 11.1. The normalized spacial score (nSPS) is 12.1. The van der Waals surface area contributed by atoms with Gasteiger partial charge in [0, 0.05) is 6.54 Å². The minimum Gasteiger partial charge on any atom is -0.464 e. The molecular formula is C12H17NO3. The van der Waals surface area contributed by atoms with Crippen LogP contribution in [0.25, 0.3) is 0 Å². The van der Waals surface area contributed by atoms with Gasteiger partial charge in [-0.3, -0.25) is 0 Å². The van der Waals surface area contributed by atoms with E-state index in [1.54, 1.807) is 6.92 Å². The van der Waals surface area contributed by atoms with Crippen molar-refractivity contribution in [2.75, 3.05) is 19.8 Å². The summed E-state index contributed by atoms with van der Waals surface area (Å²) in [7, 11) is 0. The van der Waals surface area contributed by atoms with Crippen LogP contribution in [0.4, 0.5) is 0 Å². The lowest BCUT2D eigenvalue weighted by atomic mass is 10.1. The molecule has 1 aromatic carbocycles. The fourth-order valence-corrected chi connectivity index (χ4v) is 1.34. The lowest BCUT2D eigenvalue weighted by Crippen LogP contribution is -2.20.